The van der Waals surface area contributed by atoms with Gasteiger partial charge >= 0.3 is 0 Å². The molecule has 0 aliphatic heterocycles. The lowest BCUT2D eigenvalue weighted by molar-refractivity contribution is -0.118. The minimum absolute atomic E-state index is 0.0622. The average Bonchev–Trinajstić information content (AvgIpc) is 3.02. The number of ether oxygens (including phenoxy) is 1. The van der Waals surface area contributed by atoms with Gasteiger partial charge in [0.2, 0.25) is 11.8 Å². The van der Waals surface area contributed by atoms with E-state index in [2.05, 4.69) is 15.5 Å². The summed E-state index contributed by atoms with van der Waals surface area (Å²) >= 11 is 0. The number of carbonyl (C=O) groups excluding carboxylic acids is 1. The zero-order chi connectivity index (χ0) is 16.9. The van der Waals surface area contributed by atoms with Crippen LogP contribution in [0.5, 0.6) is 5.75 Å². The predicted octanol–water partition coefficient (Wildman–Crippen LogP) is 3.37. The van der Waals surface area contributed by atoms with Crippen molar-refractivity contribution in [1.82, 2.24) is 10.2 Å². The lowest BCUT2D eigenvalue weighted by Crippen LogP contribution is -2.20. The second-order valence-corrected chi connectivity index (χ2v) is 5.30. The van der Waals surface area contributed by atoms with Gasteiger partial charge in [0.25, 0.3) is 5.91 Å². The maximum absolute atomic E-state index is 12.0. The molecule has 6 nitrogen and oxygen atoms in total. The largest absolute Gasteiger partial charge is 0.484 e. The molecule has 24 heavy (non-hydrogen) atoms. The van der Waals surface area contributed by atoms with Crippen LogP contribution >= 0.6 is 0 Å². The van der Waals surface area contributed by atoms with Gasteiger partial charge in [-0.15, -0.1) is 10.2 Å². The van der Waals surface area contributed by atoms with Gasteiger partial charge in [0.1, 0.15) is 5.75 Å². The van der Waals surface area contributed by atoms with Crippen LogP contribution < -0.4 is 10.1 Å². The molecule has 2 aromatic carbocycles. The Kier molecular flexibility index (Phi) is 4.56. The third kappa shape index (κ3) is 3.78. The number of hydrogen-bond donors (Lipinski definition) is 1. The molecule has 0 atom stereocenters. The molecule has 1 aromatic heterocycles. The summed E-state index contributed by atoms with van der Waals surface area (Å²) in [7, 11) is 0. The lowest BCUT2D eigenvalue weighted by atomic mass is 10.2. The smallest absolute Gasteiger partial charge is 0.262 e. The molecule has 3 aromatic rings. The maximum Gasteiger partial charge on any atom is 0.262 e. The molecule has 1 amide bonds. The Hall–Kier alpha value is -3.15. The third-order valence-electron chi connectivity index (χ3n) is 3.42. The quantitative estimate of drug-likeness (QED) is 0.779. The number of nitrogens with one attached hydrogen (secondary N) is 1. The van der Waals surface area contributed by atoms with Crippen LogP contribution in [0.1, 0.15) is 11.5 Å². The fourth-order valence-corrected chi connectivity index (χ4v) is 2.16. The molecule has 0 spiro atoms. The molecule has 0 saturated heterocycles. The fraction of sp³-hybridized carbons (Fsp3) is 0.167. The number of aryl methyl sites for hydroxylation is 2. The number of anilines is 1. The van der Waals surface area contributed by atoms with Gasteiger partial charge in [-0.25, -0.2) is 0 Å². The molecule has 122 valence electrons. The highest BCUT2D eigenvalue weighted by Crippen LogP contribution is 2.21. The second-order valence-electron chi connectivity index (χ2n) is 5.30. The number of nitrogens with zero attached hydrogens (tertiary/aromatic N) is 2. The molecule has 0 radical (unpaired) electrons. The molecule has 0 fully saturated rings. The van der Waals surface area contributed by atoms with Crippen molar-refractivity contribution in [2.45, 2.75) is 13.8 Å². The summed E-state index contributed by atoms with van der Waals surface area (Å²) in [6.45, 7) is 3.61. The van der Waals surface area contributed by atoms with E-state index >= 15 is 0 Å². The molecule has 1 heterocycles. The summed E-state index contributed by atoms with van der Waals surface area (Å²) in [6, 6.07) is 14.7. The number of benzene rings is 2. The topological polar surface area (TPSA) is 77.2 Å². The summed E-state index contributed by atoms with van der Waals surface area (Å²) in [5.74, 6) is 1.35. The van der Waals surface area contributed by atoms with Crippen molar-refractivity contribution < 1.29 is 13.9 Å². The van der Waals surface area contributed by atoms with Crippen molar-refractivity contribution in [3.05, 3.63) is 60.0 Å². The Morgan fingerprint density at radius 2 is 1.83 bits per heavy atom. The summed E-state index contributed by atoms with van der Waals surface area (Å²) < 4.78 is 10.9. The molecule has 0 unspecified atom stereocenters. The van der Waals surface area contributed by atoms with Gasteiger partial charge in [-0.1, -0.05) is 18.2 Å². The first-order chi connectivity index (χ1) is 11.6. The number of aromatic nitrogens is 2. The predicted molar refractivity (Wildman–Crippen MR) is 89.8 cm³/mol. The first kappa shape index (κ1) is 15.7. The highest BCUT2D eigenvalue weighted by Gasteiger charge is 2.08. The van der Waals surface area contributed by atoms with Crippen molar-refractivity contribution in [2.24, 2.45) is 0 Å². The second kappa shape index (κ2) is 6.95. The number of para-hydroxylation sites is 1. The standard InChI is InChI=1S/C18H17N3O3/c1-12-5-3-4-6-16(12)19-17(22)11-23-15-9-7-14(8-10-15)18-21-20-13(2)24-18/h3-10H,11H2,1-2H3,(H,19,22). The zero-order valence-electron chi connectivity index (χ0n) is 13.4. The van der Waals surface area contributed by atoms with Crippen molar-refractivity contribution in [3.8, 4) is 17.2 Å². The SMILES string of the molecule is Cc1nnc(-c2ccc(OCC(=O)Nc3ccccc3C)cc2)o1. The number of amides is 1. The van der Waals surface area contributed by atoms with Crippen molar-refractivity contribution >= 4 is 11.6 Å². The van der Waals surface area contributed by atoms with E-state index in [1.165, 1.54) is 0 Å². The van der Waals surface area contributed by atoms with Gasteiger partial charge in [0, 0.05) is 18.2 Å². The van der Waals surface area contributed by atoms with Gasteiger partial charge in [-0.05, 0) is 42.8 Å². The molecule has 0 bridgehead atoms. The van der Waals surface area contributed by atoms with E-state index in [0.717, 1.165) is 16.8 Å². The zero-order valence-corrected chi connectivity index (χ0v) is 13.4. The van der Waals surface area contributed by atoms with Gasteiger partial charge < -0.3 is 14.5 Å². The van der Waals surface area contributed by atoms with Gasteiger partial charge in [0.05, 0.1) is 0 Å². The minimum atomic E-state index is -0.207. The molecule has 0 aliphatic rings. The first-order valence-electron chi connectivity index (χ1n) is 7.50. The normalized spacial score (nSPS) is 10.4. The van der Waals surface area contributed by atoms with E-state index in [0.29, 0.717) is 17.5 Å². The van der Waals surface area contributed by atoms with E-state index in [1.54, 1.807) is 19.1 Å². The van der Waals surface area contributed by atoms with Crippen LogP contribution in [0, 0.1) is 13.8 Å². The summed E-state index contributed by atoms with van der Waals surface area (Å²) in [5.41, 5.74) is 2.59. The van der Waals surface area contributed by atoms with E-state index in [4.69, 9.17) is 9.15 Å². The molecular weight excluding hydrogens is 306 g/mol. The molecular formula is C18H17N3O3. The molecule has 1 N–H and O–H groups in total. The Labute approximate surface area is 139 Å². The van der Waals surface area contributed by atoms with Gasteiger partial charge in [-0.3, -0.25) is 4.79 Å². The van der Waals surface area contributed by atoms with Gasteiger partial charge in [-0.2, -0.15) is 0 Å². The fourth-order valence-electron chi connectivity index (χ4n) is 2.16. The van der Waals surface area contributed by atoms with Crippen LogP contribution in [0.15, 0.2) is 52.9 Å². The summed E-state index contributed by atoms with van der Waals surface area (Å²) in [5, 5.41) is 10.6. The van der Waals surface area contributed by atoms with Crippen LogP contribution in [0.2, 0.25) is 0 Å². The lowest BCUT2D eigenvalue weighted by Gasteiger charge is -2.09. The van der Waals surface area contributed by atoms with Crippen molar-refractivity contribution in [3.63, 3.8) is 0 Å². The third-order valence-corrected chi connectivity index (χ3v) is 3.42. The highest BCUT2D eigenvalue weighted by atomic mass is 16.5. The van der Waals surface area contributed by atoms with Crippen LogP contribution in [-0.4, -0.2) is 22.7 Å². The van der Waals surface area contributed by atoms with E-state index < -0.39 is 0 Å². The molecule has 0 aliphatic carbocycles. The summed E-state index contributed by atoms with van der Waals surface area (Å²) in [4.78, 5) is 12.0. The molecule has 6 heteroatoms. The van der Waals surface area contributed by atoms with E-state index in [1.807, 2.05) is 43.3 Å². The Morgan fingerprint density at radius 3 is 2.50 bits per heavy atom. The number of carbonyl (C=O) groups is 1. The molecule has 3 rings (SSSR count). The highest BCUT2D eigenvalue weighted by molar-refractivity contribution is 5.92. The summed E-state index contributed by atoms with van der Waals surface area (Å²) in [6.07, 6.45) is 0. The van der Waals surface area contributed by atoms with Crippen LogP contribution in [0.4, 0.5) is 5.69 Å². The Bertz CT molecular complexity index is 841. The molecule has 0 saturated carbocycles. The number of hydrogen-bond acceptors (Lipinski definition) is 5. The maximum atomic E-state index is 12.0. The van der Waals surface area contributed by atoms with Crippen LogP contribution in [0.3, 0.4) is 0 Å². The monoisotopic (exact) mass is 323 g/mol. The van der Waals surface area contributed by atoms with Gasteiger partial charge in [0.15, 0.2) is 6.61 Å². The minimum Gasteiger partial charge on any atom is -0.484 e. The van der Waals surface area contributed by atoms with Crippen LogP contribution in [-0.2, 0) is 4.79 Å². The van der Waals surface area contributed by atoms with E-state index in [9.17, 15) is 4.79 Å². The Balaban J connectivity index is 1.57. The first-order valence-corrected chi connectivity index (χ1v) is 7.50. The van der Waals surface area contributed by atoms with Crippen LogP contribution in [0.25, 0.3) is 11.5 Å². The van der Waals surface area contributed by atoms with E-state index in [-0.39, 0.29) is 12.5 Å². The average molecular weight is 323 g/mol. The van der Waals surface area contributed by atoms with Crippen molar-refractivity contribution in [1.29, 1.82) is 0 Å². The number of rotatable bonds is 5. The Morgan fingerprint density at radius 1 is 1.08 bits per heavy atom. The van der Waals surface area contributed by atoms with Crippen molar-refractivity contribution in [2.75, 3.05) is 11.9 Å².